The number of likely N-dealkylation sites (tertiary alicyclic amines) is 1. The van der Waals surface area contributed by atoms with Gasteiger partial charge in [0, 0.05) is 37.3 Å². The van der Waals surface area contributed by atoms with Gasteiger partial charge < -0.3 is 15.5 Å². The number of carbonyl (C=O) groups is 2. The van der Waals surface area contributed by atoms with E-state index >= 15 is 0 Å². The van der Waals surface area contributed by atoms with Crippen LogP contribution in [0.2, 0.25) is 0 Å². The second kappa shape index (κ2) is 8.38. The summed E-state index contributed by atoms with van der Waals surface area (Å²) in [7, 11) is 0. The van der Waals surface area contributed by atoms with Crippen molar-refractivity contribution < 1.29 is 19.8 Å². The average Bonchev–Trinajstić information content (AvgIpc) is 3.55. The second-order valence-electron chi connectivity index (χ2n) is 11.5. The number of phenolic OH excluding ortho intramolecular Hbond substituents is 1. The Labute approximate surface area is 196 Å². The third-order valence-electron chi connectivity index (χ3n) is 8.76. The maximum atomic E-state index is 13.4. The number of aromatic hydroxyl groups is 1. The van der Waals surface area contributed by atoms with E-state index in [0.717, 1.165) is 37.1 Å². The first-order valence-electron chi connectivity index (χ1n) is 12.8. The molecule has 4 atom stereocenters. The molecule has 1 saturated heterocycles. The van der Waals surface area contributed by atoms with Crippen LogP contribution in [0, 0.1) is 11.8 Å². The van der Waals surface area contributed by atoms with Crippen LogP contribution >= 0.6 is 0 Å². The number of fused-ring (bicyclic) bond motifs is 1. The molecule has 6 heteroatoms. The number of nitrogens with one attached hydrogen (secondary N) is 1. The van der Waals surface area contributed by atoms with Crippen molar-refractivity contribution in [1.82, 2.24) is 10.2 Å². The van der Waals surface area contributed by atoms with Crippen LogP contribution < -0.4 is 5.32 Å². The molecule has 1 heterocycles. The first kappa shape index (κ1) is 22.9. The molecule has 2 bridgehead atoms. The van der Waals surface area contributed by atoms with Crippen molar-refractivity contribution in [3.63, 3.8) is 0 Å². The molecule has 6 nitrogen and oxygen atoms in total. The monoisotopic (exact) mass is 454 g/mol. The predicted molar refractivity (Wildman–Crippen MR) is 126 cm³/mol. The summed E-state index contributed by atoms with van der Waals surface area (Å²) in [6.07, 6.45) is 6.59. The molecule has 1 aromatic rings. The summed E-state index contributed by atoms with van der Waals surface area (Å²) in [6.45, 7) is 6.14. The summed E-state index contributed by atoms with van der Waals surface area (Å²) < 4.78 is 0. The van der Waals surface area contributed by atoms with Crippen molar-refractivity contribution >= 4 is 11.7 Å². The lowest BCUT2D eigenvalue weighted by Gasteiger charge is -2.64. The van der Waals surface area contributed by atoms with Crippen molar-refractivity contribution in [2.75, 3.05) is 13.1 Å². The molecule has 4 unspecified atom stereocenters. The van der Waals surface area contributed by atoms with Gasteiger partial charge >= 0.3 is 0 Å². The fourth-order valence-electron chi connectivity index (χ4n) is 6.82. The number of nitrogens with zero attached hydrogens (tertiary/aromatic N) is 1. The minimum Gasteiger partial charge on any atom is -0.508 e. The van der Waals surface area contributed by atoms with E-state index < -0.39 is 17.1 Å². The third-order valence-corrected chi connectivity index (χ3v) is 8.76. The first-order valence-corrected chi connectivity index (χ1v) is 12.8. The highest BCUT2D eigenvalue weighted by Crippen LogP contribution is 2.58. The van der Waals surface area contributed by atoms with Crippen molar-refractivity contribution in [1.29, 1.82) is 0 Å². The summed E-state index contributed by atoms with van der Waals surface area (Å²) in [5.41, 5.74) is 0.263. The Morgan fingerprint density at radius 3 is 2.82 bits per heavy atom. The van der Waals surface area contributed by atoms with Crippen LogP contribution in [0.4, 0.5) is 0 Å². The molecule has 1 aromatic carbocycles. The molecule has 0 aromatic heterocycles. The standard InChI is InChI=1S/C27H38N2O4/c1-17(2)4-3-5-25(32)28-22-14-27(33)24-12-19-8-9-20(30)13-21(19)26(27,15-23(22)31)10-11-29(24)16-18-6-7-18/h8-9,13,17-18,22,24,30,33H,3-7,10-12,14-16H2,1-2H3,(H,28,32). The van der Waals surface area contributed by atoms with E-state index in [1.807, 2.05) is 6.07 Å². The average molecular weight is 455 g/mol. The van der Waals surface area contributed by atoms with Crippen LogP contribution in [0.25, 0.3) is 0 Å². The molecule has 4 aliphatic rings. The van der Waals surface area contributed by atoms with E-state index in [1.54, 1.807) is 12.1 Å². The normalized spacial score (nSPS) is 33.5. The van der Waals surface area contributed by atoms with Gasteiger partial charge in [0.05, 0.1) is 11.6 Å². The first-order chi connectivity index (χ1) is 15.7. The molecule has 3 N–H and O–H groups in total. The molecule has 3 aliphatic carbocycles. The summed E-state index contributed by atoms with van der Waals surface area (Å²) in [5, 5.41) is 25.7. The number of carbonyl (C=O) groups excluding carboxylic acids is 2. The van der Waals surface area contributed by atoms with Gasteiger partial charge in [-0.2, -0.15) is 0 Å². The van der Waals surface area contributed by atoms with Gasteiger partial charge in [-0.25, -0.2) is 0 Å². The maximum Gasteiger partial charge on any atom is 0.220 e. The van der Waals surface area contributed by atoms with Gasteiger partial charge in [0.25, 0.3) is 0 Å². The molecular weight excluding hydrogens is 416 g/mol. The zero-order valence-electron chi connectivity index (χ0n) is 20.0. The summed E-state index contributed by atoms with van der Waals surface area (Å²) in [5.74, 6) is 1.34. The molecule has 180 valence electrons. The lowest BCUT2D eigenvalue weighted by molar-refractivity contribution is -0.178. The lowest BCUT2D eigenvalue weighted by atomic mass is 9.48. The Bertz CT molecular complexity index is 942. The zero-order chi connectivity index (χ0) is 23.4. The minimum atomic E-state index is -1.11. The molecule has 1 amide bonds. The van der Waals surface area contributed by atoms with Gasteiger partial charge in [-0.05, 0) is 73.7 Å². The van der Waals surface area contributed by atoms with Gasteiger partial charge in [-0.15, -0.1) is 0 Å². The van der Waals surface area contributed by atoms with Crippen LogP contribution in [-0.4, -0.2) is 57.6 Å². The Balaban J connectivity index is 1.44. The van der Waals surface area contributed by atoms with Crippen LogP contribution in [0.5, 0.6) is 5.75 Å². The summed E-state index contributed by atoms with van der Waals surface area (Å²) >= 11 is 0. The summed E-state index contributed by atoms with van der Waals surface area (Å²) in [6, 6.07) is 4.73. The van der Waals surface area contributed by atoms with Gasteiger partial charge in [0.1, 0.15) is 5.75 Å². The highest BCUT2D eigenvalue weighted by molar-refractivity contribution is 5.91. The molecule has 1 aliphatic heterocycles. The van der Waals surface area contributed by atoms with Crippen molar-refractivity contribution in [3.8, 4) is 5.75 Å². The van der Waals surface area contributed by atoms with E-state index in [9.17, 15) is 19.8 Å². The van der Waals surface area contributed by atoms with E-state index in [4.69, 9.17) is 0 Å². The van der Waals surface area contributed by atoms with Crippen LogP contribution in [0.1, 0.15) is 76.3 Å². The van der Waals surface area contributed by atoms with E-state index in [-0.39, 0.29) is 36.3 Å². The number of hydrogen-bond acceptors (Lipinski definition) is 5. The lowest BCUT2D eigenvalue weighted by Crippen LogP contribution is -2.76. The van der Waals surface area contributed by atoms with E-state index in [1.165, 1.54) is 12.8 Å². The Hall–Kier alpha value is -1.92. The molecule has 33 heavy (non-hydrogen) atoms. The number of hydrogen-bond donors (Lipinski definition) is 3. The number of phenols is 1. The number of benzene rings is 1. The number of amides is 1. The molecule has 0 radical (unpaired) electrons. The highest BCUT2D eigenvalue weighted by Gasteiger charge is 2.66. The quantitative estimate of drug-likeness (QED) is 0.589. The number of aliphatic hydroxyl groups is 1. The zero-order valence-corrected chi connectivity index (χ0v) is 20.0. The largest absolute Gasteiger partial charge is 0.508 e. The molecule has 2 saturated carbocycles. The van der Waals surface area contributed by atoms with Gasteiger partial charge in [-0.1, -0.05) is 26.3 Å². The van der Waals surface area contributed by atoms with Crippen LogP contribution in [0.15, 0.2) is 18.2 Å². The third kappa shape index (κ3) is 3.99. The minimum absolute atomic E-state index is 0.00229. The number of rotatable bonds is 7. The molecular formula is C27H38N2O4. The summed E-state index contributed by atoms with van der Waals surface area (Å²) in [4.78, 5) is 28.4. The smallest absolute Gasteiger partial charge is 0.220 e. The Kier molecular flexibility index (Phi) is 5.81. The topological polar surface area (TPSA) is 89.9 Å². The Morgan fingerprint density at radius 2 is 2.09 bits per heavy atom. The predicted octanol–water partition coefficient (Wildman–Crippen LogP) is 3.08. The van der Waals surface area contributed by atoms with Gasteiger partial charge in [0.2, 0.25) is 5.91 Å². The van der Waals surface area contributed by atoms with E-state index in [0.29, 0.717) is 31.1 Å². The van der Waals surface area contributed by atoms with Crippen LogP contribution in [0.3, 0.4) is 0 Å². The number of piperidine rings is 1. The molecule has 3 fully saturated rings. The van der Waals surface area contributed by atoms with Crippen molar-refractivity contribution in [3.05, 3.63) is 29.3 Å². The fraction of sp³-hybridized carbons (Fsp3) is 0.704. The van der Waals surface area contributed by atoms with Crippen molar-refractivity contribution in [2.24, 2.45) is 11.8 Å². The highest BCUT2D eigenvalue weighted by atomic mass is 16.3. The number of ketones is 1. The molecule has 0 spiro atoms. The van der Waals surface area contributed by atoms with Crippen LogP contribution in [-0.2, 0) is 21.4 Å². The SMILES string of the molecule is CC(C)CCCC(=O)NC1CC2(O)C3Cc4ccc(O)cc4C2(CCN3CC2CC2)CC1=O. The fourth-order valence-corrected chi connectivity index (χ4v) is 6.82. The molecule has 5 rings (SSSR count). The van der Waals surface area contributed by atoms with Gasteiger partial charge in [-0.3, -0.25) is 14.5 Å². The second-order valence-corrected chi connectivity index (χ2v) is 11.5. The number of Topliss-reactive ketones (excluding diaryl/α,β-unsaturated/α-hetero) is 1. The van der Waals surface area contributed by atoms with Crippen molar-refractivity contribution in [2.45, 2.75) is 94.7 Å². The van der Waals surface area contributed by atoms with Gasteiger partial charge in [0.15, 0.2) is 5.78 Å². The van der Waals surface area contributed by atoms with E-state index in [2.05, 4.69) is 24.1 Å². The Morgan fingerprint density at radius 1 is 1.30 bits per heavy atom. The maximum absolute atomic E-state index is 13.4.